The molecule has 0 fully saturated rings. The summed E-state index contributed by atoms with van der Waals surface area (Å²) in [6.07, 6.45) is 5.95. The molecule has 0 aliphatic carbocycles. The SMILES string of the molecule is CN(Cc1nccn1C)C(=O)CCCCN. The average Bonchev–Trinajstić information content (AvgIpc) is 2.64. The van der Waals surface area contributed by atoms with Gasteiger partial charge in [0.15, 0.2) is 0 Å². The van der Waals surface area contributed by atoms with Crippen molar-refractivity contribution in [2.75, 3.05) is 13.6 Å². The van der Waals surface area contributed by atoms with Gasteiger partial charge in [-0.15, -0.1) is 0 Å². The van der Waals surface area contributed by atoms with Crippen molar-refractivity contribution < 1.29 is 4.79 Å². The van der Waals surface area contributed by atoms with Gasteiger partial charge >= 0.3 is 0 Å². The molecule has 1 heterocycles. The Labute approximate surface area is 96.3 Å². The van der Waals surface area contributed by atoms with Gasteiger partial charge in [-0.25, -0.2) is 4.98 Å². The van der Waals surface area contributed by atoms with Crippen molar-refractivity contribution in [1.29, 1.82) is 0 Å². The summed E-state index contributed by atoms with van der Waals surface area (Å²) in [4.78, 5) is 17.6. The number of imidazole rings is 1. The Kier molecular flexibility index (Phi) is 4.98. The fourth-order valence-electron chi connectivity index (χ4n) is 1.46. The second-order valence-corrected chi connectivity index (χ2v) is 3.95. The first-order valence-corrected chi connectivity index (χ1v) is 5.55. The molecule has 0 unspecified atom stereocenters. The smallest absolute Gasteiger partial charge is 0.222 e. The van der Waals surface area contributed by atoms with Gasteiger partial charge in [-0.1, -0.05) is 0 Å². The van der Waals surface area contributed by atoms with E-state index in [0.717, 1.165) is 18.7 Å². The lowest BCUT2D eigenvalue weighted by molar-refractivity contribution is -0.130. The molecule has 1 amide bonds. The number of aryl methyl sites for hydroxylation is 1. The van der Waals surface area contributed by atoms with Crippen LogP contribution < -0.4 is 5.73 Å². The zero-order chi connectivity index (χ0) is 12.0. The van der Waals surface area contributed by atoms with Crippen molar-refractivity contribution >= 4 is 5.91 Å². The van der Waals surface area contributed by atoms with Crippen LogP contribution in [0.3, 0.4) is 0 Å². The number of nitrogens with zero attached hydrogens (tertiary/aromatic N) is 3. The van der Waals surface area contributed by atoms with Gasteiger partial charge in [0.05, 0.1) is 6.54 Å². The predicted octanol–water partition coefficient (Wildman–Crippen LogP) is 0.508. The molecule has 0 saturated heterocycles. The van der Waals surface area contributed by atoms with Crippen LogP contribution in [0.1, 0.15) is 25.1 Å². The number of carbonyl (C=O) groups excluding carboxylic acids is 1. The number of aromatic nitrogens is 2. The van der Waals surface area contributed by atoms with E-state index in [-0.39, 0.29) is 5.91 Å². The van der Waals surface area contributed by atoms with Crippen LogP contribution in [0.2, 0.25) is 0 Å². The number of amides is 1. The molecule has 0 spiro atoms. The molecule has 1 aromatic heterocycles. The summed E-state index contributed by atoms with van der Waals surface area (Å²) in [5.74, 6) is 1.05. The summed E-state index contributed by atoms with van der Waals surface area (Å²) in [5.41, 5.74) is 5.38. The van der Waals surface area contributed by atoms with Gasteiger partial charge in [0.1, 0.15) is 5.82 Å². The fraction of sp³-hybridized carbons (Fsp3) is 0.636. The monoisotopic (exact) mass is 224 g/mol. The lowest BCUT2D eigenvalue weighted by Crippen LogP contribution is -2.27. The van der Waals surface area contributed by atoms with E-state index in [4.69, 9.17) is 5.73 Å². The molecule has 1 aromatic rings. The fourth-order valence-corrected chi connectivity index (χ4v) is 1.46. The highest BCUT2D eigenvalue weighted by Gasteiger charge is 2.10. The minimum Gasteiger partial charge on any atom is -0.338 e. The number of hydrogen-bond acceptors (Lipinski definition) is 3. The Morgan fingerprint density at radius 1 is 1.56 bits per heavy atom. The maximum atomic E-state index is 11.7. The molecule has 5 nitrogen and oxygen atoms in total. The summed E-state index contributed by atoms with van der Waals surface area (Å²) in [5, 5.41) is 0. The second kappa shape index (κ2) is 6.27. The van der Waals surface area contributed by atoms with Crippen molar-refractivity contribution in [3.8, 4) is 0 Å². The quantitative estimate of drug-likeness (QED) is 0.716. The summed E-state index contributed by atoms with van der Waals surface area (Å²) >= 11 is 0. The molecule has 0 bridgehead atoms. The standard InChI is InChI=1S/C11H20N4O/c1-14-8-7-13-10(14)9-15(2)11(16)5-3-4-6-12/h7-8H,3-6,9,12H2,1-2H3. The lowest BCUT2D eigenvalue weighted by atomic mass is 10.2. The topological polar surface area (TPSA) is 64.2 Å². The summed E-state index contributed by atoms with van der Waals surface area (Å²) in [7, 11) is 3.73. The third kappa shape index (κ3) is 3.66. The van der Waals surface area contributed by atoms with Crippen molar-refractivity contribution in [3.05, 3.63) is 18.2 Å². The van der Waals surface area contributed by atoms with E-state index in [9.17, 15) is 4.79 Å². The molecule has 5 heteroatoms. The summed E-state index contributed by atoms with van der Waals surface area (Å²) in [6, 6.07) is 0. The number of unbranched alkanes of at least 4 members (excludes halogenated alkanes) is 1. The summed E-state index contributed by atoms with van der Waals surface area (Å²) < 4.78 is 1.92. The largest absolute Gasteiger partial charge is 0.338 e. The molecule has 1 rings (SSSR count). The van der Waals surface area contributed by atoms with Gasteiger partial charge < -0.3 is 15.2 Å². The van der Waals surface area contributed by atoms with E-state index < -0.39 is 0 Å². The first-order valence-electron chi connectivity index (χ1n) is 5.55. The third-order valence-corrected chi connectivity index (χ3v) is 2.57. The normalized spacial score (nSPS) is 10.4. The first kappa shape index (κ1) is 12.7. The van der Waals surface area contributed by atoms with Crippen LogP contribution in [0.25, 0.3) is 0 Å². The third-order valence-electron chi connectivity index (χ3n) is 2.57. The zero-order valence-electron chi connectivity index (χ0n) is 10.0. The molecule has 0 saturated carbocycles. The van der Waals surface area contributed by atoms with Crippen LogP contribution in [0, 0.1) is 0 Å². The van der Waals surface area contributed by atoms with Crippen molar-refractivity contribution in [1.82, 2.24) is 14.5 Å². The van der Waals surface area contributed by atoms with Crippen LogP contribution >= 0.6 is 0 Å². The molecule has 2 N–H and O–H groups in total. The first-order chi connectivity index (χ1) is 7.65. The molecular formula is C11H20N4O. The zero-order valence-corrected chi connectivity index (χ0v) is 10.0. The van der Waals surface area contributed by atoms with Crippen LogP contribution in [0.4, 0.5) is 0 Å². The van der Waals surface area contributed by atoms with Crippen LogP contribution in [0.5, 0.6) is 0 Å². The number of rotatable bonds is 6. The second-order valence-electron chi connectivity index (χ2n) is 3.95. The minimum atomic E-state index is 0.149. The molecule has 16 heavy (non-hydrogen) atoms. The highest BCUT2D eigenvalue weighted by atomic mass is 16.2. The molecular weight excluding hydrogens is 204 g/mol. The highest BCUT2D eigenvalue weighted by Crippen LogP contribution is 2.03. The van der Waals surface area contributed by atoms with Crippen LogP contribution in [-0.2, 0) is 18.4 Å². The number of hydrogen-bond donors (Lipinski definition) is 1. The summed E-state index contributed by atoms with van der Waals surface area (Å²) in [6.45, 7) is 1.21. The van der Waals surface area contributed by atoms with Crippen molar-refractivity contribution in [2.45, 2.75) is 25.8 Å². The minimum absolute atomic E-state index is 0.149. The van der Waals surface area contributed by atoms with Crippen molar-refractivity contribution in [3.63, 3.8) is 0 Å². The van der Waals surface area contributed by atoms with Crippen LogP contribution in [0.15, 0.2) is 12.4 Å². The van der Waals surface area contributed by atoms with Gasteiger partial charge in [-0.05, 0) is 19.4 Å². The molecule has 0 aliphatic rings. The molecule has 0 radical (unpaired) electrons. The van der Waals surface area contributed by atoms with Crippen molar-refractivity contribution in [2.24, 2.45) is 12.8 Å². The molecule has 0 aromatic carbocycles. The van der Waals surface area contributed by atoms with E-state index in [0.29, 0.717) is 19.5 Å². The van der Waals surface area contributed by atoms with Gasteiger partial charge in [0, 0.05) is 32.9 Å². The molecule has 0 atom stereocenters. The maximum absolute atomic E-state index is 11.7. The predicted molar refractivity (Wildman–Crippen MR) is 62.6 cm³/mol. The van der Waals surface area contributed by atoms with E-state index in [1.54, 1.807) is 18.1 Å². The van der Waals surface area contributed by atoms with Gasteiger partial charge in [0.25, 0.3) is 0 Å². The number of carbonyl (C=O) groups is 1. The lowest BCUT2D eigenvalue weighted by Gasteiger charge is -2.16. The Bertz CT molecular complexity index is 334. The van der Waals surface area contributed by atoms with E-state index in [2.05, 4.69) is 4.98 Å². The maximum Gasteiger partial charge on any atom is 0.222 e. The van der Waals surface area contributed by atoms with Gasteiger partial charge in [-0.2, -0.15) is 0 Å². The Morgan fingerprint density at radius 2 is 2.31 bits per heavy atom. The van der Waals surface area contributed by atoms with E-state index in [1.807, 2.05) is 17.8 Å². The van der Waals surface area contributed by atoms with E-state index >= 15 is 0 Å². The highest BCUT2D eigenvalue weighted by molar-refractivity contribution is 5.75. The Balaban J connectivity index is 2.37. The van der Waals surface area contributed by atoms with Crippen LogP contribution in [-0.4, -0.2) is 34.0 Å². The van der Waals surface area contributed by atoms with E-state index in [1.165, 1.54) is 0 Å². The Hall–Kier alpha value is -1.36. The number of nitrogens with two attached hydrogens (primary N) is 1. The average molecular weight is 224 g/mol. The van der Waals surface area contributed by atoms with Gasteiger partial charge in [0.2, 0.25) is 5.91 Å². The molecule has 0 aliphatic heterocycles. The molecule has 90 valence electrons. The Morgan fingerprint density at radius 3 is 2.88 bits per heavy atom. The van der Waals surface area contributed by atoms with Gasteiger partial charge in [-0.3, -0.25) is 4.79 Å².